The number of aryl methyl sites for hydroxylation is 2. The second-order valence-electron chi connectivity index (χ2n) is 5.22. The largest absolute Gasteiger partial charge is 0.437 e. The van der Waals surface area contributed by atoms with Crippen molar-refractivity contribution in [2.75, 3.05) is 5.75 Å². The van der Waals surface area contributed by atoms with Gasteiger partial charge < -0.3 is 15.5 Å². The minimum Gasteiger partial charge on any atom is -0.437 e. The van der Waals surface area contributed by atoms with Gasteiger partial charge in [-0.15, -0.1) is 0 Å². The van der Waals surface area contributed by atoms with Crippen LogP contribution in [-0.4, -0.2) is 28.2 Å². The minimum absolute atomic E-state index is 0.203. The highest BCUT2D eigenvalue weighted by molar-refractivity contribution is 7.99. The van der Waals surface area contributed by atoms with Crippen LogP contribution in [0, 0.1) is 13.8 Å². The van der Waals surface area contributed by atoms with Gasteiger partial charge in [-0.05, 0) is 41.0 Å². The lowest BCUT2D eigenvalue weighted by Crippen LogP contribution is -2.55. The first-order chi connectivity index (χ1) is 8.74. The molecule has 1 amide bonds. The summed E-state index contributed by atoms with van der Waals surface area (Å²) in [6.07, 6.45) is 0.631. The molecule has 1 aromatic rings. The second-order valence-corrected chi connectivity index (χ2v) is 6.26. The number of carbonyl (C=O) groups is 1. The highest BCUT2D eigenvalue weighted by Crippen LogP contribution is 2.23. The van der Waals surface area contributed by atoms with Gasteiger partial charge in [0.05, 0.1) is 11.2 Å². The van der Waals surface area contributed by atoms with Gasteiger partial charge in [0.25, 0.3) is 5.22 Å². The van der Waals surface area contributed by atoms with E-state index < -0.39 is 5.54 Å². The number of hydrogen-bond donors (Lipinski definition) is 2. The number of nitrogens with two attached hydrogens (primary N) is 1. The number of rotatable bonds is 7. The summed E-state index contributed by atoms with van der Waals surface area (Å²) in [5.41, 5.74) is 5.68. The maximum absolute atomic E-state index is 11.6. The molecule has 6 heteroatoms. The first-order valence-electron chi connectivity index (χ1n) is 6.39. The van der Waals surface area contributed by atoms with Gasteiger partial charge in [0.15, 0.2) is 0 Å². The number of oxazole rings is 1. The number of nitrogens with zero attached hydrogens (tertiary/aromatic N) is 1. The van der Waals surface area contributed by atoms with Crippen LogP contribution in [0.1, 0.15) is 38.6 Å². The summed E-state index contributed by atoms with van der Waals surface area (Å²) in [5.74, 6) is 1.22. The van der Waals surface area contributed by atoms with Gasteiger partial charge in [-0.2, -0.15) is 0 Å². The number of amides is 1. The van der Waals surface area contributed by atoms with Crippen LogP contribution in [0.2, 0.25) is 0 Å². The highest BCUT2D eigenvalue weighted by Gasteiger charge is 2.31. The Morgan fingerprint density at radius 3 is 2.58 bits per heavy atom. The Labute approximate surface area is 118 Å². The van der Waals surface area contributed by atoms with E-state index in [9.17, 15) is 4.79 Å². The summed E-state index contributed by atoms with van der Waals surface area (Å²) in [7, 11) is 0. The van der Waals surface area contributed by atoms with E-state index in [0.717, 1.165) is 17.2 Å². The van der Waals surface area contributed by atoms with Gasteiger partial charge >= 0.3 is 0 Å². The monoisotopic (exact) mass is 285 g/mol. The molecule has 5 nitrogen and oxygen atoms in total. The molecule has 3 N–H and O–H groups in total. The summed E-state index contributed by atoms with van der Waals surface area (Å²) in [6, 6.07) is 0.203. The Hall–Kier alpha value is -1.01. The Kier molecular flexibility index (Phi) is 5.43. The Morgan fingerprint density at radius 1 is 1.53 bits per heavy atom. The van der Waals surface area contributed by atoms with E-state index in [1.807, 2.05) is 34.6 Å². The van der Waals surface area contributed by atoms with Crippen LogP contribution < -0.4 is 11.1 Å². The summed E-state index contributed by atoms with van der Waals surface area (Å²) in [6.45, 7) is 9.63. The van der Waals surface area contributed by atoms with Crippen LogP contribution in [0.3, 0.4) is 0 Å². The van der Waals surface area contributed by atoms with Gasteiger partial charge in [-0.25, -0.2) is 4.98 Å². The predicted octanol–water partition coefficient (Wildman–Crippen LogP) is 2.02. The zero-order valence-electron chi connectivity index (χ0n) is 12.2. The van der Waals surface area contributed by atoms with Gasteiger partial charge in [0.2, 0.25) is 5.91 Å². The lowest BCUT2D eigenvalue weighted by atomic mass is 9.97. The van der Waals surface area contributed by atoms with Crippen LogP contribution in [0.25, 0.3) is 0 Å². The number of nitrogens with one attached hydrogen (secondary N) is 1. The number of thioether (sulfide) groups is 1. The zero-order chi connectivity index (χ0) is 14.6. The molecular weight excluding hydrogens is 262 g/mol. The molecule has 0 radical (unpaired) electrons. The molecule has 0 spiro atoms. The molecule has 108 valence electrons. The van der Waals surface area contributed by atoms with Crippen molar-refractivity contribution in [3.8, 4) is 0 Å². The molecule has 1 aromatic heterocycles. The predicted molar refractivity (Wildman–Crippen MR) is 77.2 cm³/mol. The van der Waals surface area contributed by atoms with Crippen molar-refractivity contribution in [1.29, 1.82) is 0 Å². The van der Waals surface area contributed by atoms with Crippen LogP contribution in [0.15, 0.2) is 9.64 Å². The third-order valence-corrected chi connectivity index (χ3v) is 3.82. The molecule has 0 aliphatic heterocycles. The van der Waals surface area contributed by atoms with Crippen LogP contribution >= 0.6 is 11.8 Å². The first-order valence-corrected chi connectivity index (χ1v) is 7.37. The van der Waals surface area contributed by atoms with Crippen LogP contribution in [-0.2, 0) is 4.79 Å². The molecular formula is C13H23N3O2S. The normalized spacial score (nSPS) is 14.6. The molecule has 0 aliphatic carbocycles. The van der Waals surface area contributed by atoms with Crippen molar-refractivity contribution in [2.45, 2.75) is 57.8 Å². The smallest absolute Gasteiger partial charge is 0.256 e. The number of primary amides is 1. The topological polar surface area (TPSA) is 81.1 Å². The van der Waals surface area contributed by atoms with Crippen molar-refractivity contribution < 1.29 is 9.21 Å². The quantitative estimate of drug-likeness (QED) is 0.749. The molecule has 0 saturated heterocycles. The van der Waals surface area contributed by atoms with Crippen molar-refractivity contribution in [1.82, 2.24) is 10.3 Å². The third-order valence-electron chi connectivity index (χ3n) is 2.99. The minimum atomic E-state index is -0.697. The second kappa shape index (κ2) is 6.43. The lowest BCUT2D eigenvalue weighted by Gasteiger charge is -2.29. The summed E-state index contributed by atoms with van der Waals surface area (Å²) >= 11 is 1.50. The Morgan fingerprint density at radius 2 is 2.16 bits per heavy atom. The molecule has 1 unspecified atom stereocenters. The van der Waals surface area contributed by atoms with Crippen molar-refractivity contribution >= 4 is 17.7 Å². The zero-order valence-corrected chi connectivity index (χ0v) is 13.1. The van der Waals surface area contributed by atoms with Crippen molar-refractivity contribution in [2.24, 2.45) is 5.73 Å². The van der Waals surface area contributed by atoms with E-state index >= 15 is 0 Å². The molecule has 0 fully saturated rings. The summed E-state index contributed by atoms with van der Waals surface area (Å²) in [4.78, 5) is 15.9. The van der Waals surface area contributed by atoms with Crippen LogP contribution in [0.5, 0.6) is 0 Å². The highest BCUT2D eigenvalue weighted by atomic mass is 32.2. The molecule has 19 heavy (non-hydrogen) atoms. The summed E-state index contributed by atoms with van der Waals surface area (Å²) < 4.78 is 5.49. The SMILES string of the molecule is Cc1nc(SCCC(C)(NC(C)C)C(N)=O)oc1C. The maximum atomic E-state index is 11.6. The standard InChI is InChI=1S/C13H23N3O2S/c1-8(2)16-13(5,11(14)17)6-7-19-12-15-9(3)10(4)18-12/h8,16H,6-7H2,1-5H3,(H2,14,17). The lowest BCUT2D eigenvalue weighted by molar-refractivity contribution is -0.124. The van der Waals surface area contributed by atoms with Gasteiger partial charge in [-0.3, -0.25) is 4.79 Å². The number of aromatic nitrogens is 1. The van der Waals surface area contributed by atoms with E-state index in [0.29, 0.717) is 11.6 Å². The van der Waals surface area contributed by atoms with E-state index in [2.05, 4.69) is 10.3 Å². The molecule has 1 rings (SSSR count). The summed E-state index contributed by atoms with van der Waals surface area (Å²) in [5, 5.41) is 3.86. The van der Waals surface area contributed by atoms with Crippen molar-refractivity contribution in [3.63, 3.8) is 0 Å². The maximum Gasteiger partial charge on any atom is 0.256 e. The average molecular weight is 285 g/mol. The molecule has 0 aliphatic rings. The number of carbonyl (C=O) groups excluding carboxylic acids is 1. The van der Waals surface area contributed by atoms with E-state index in [1.165, 1.54) is 11.8 Å². The fraction of sp³-hybridized carbons (Fsp3) is 0.692. The first kappa shape index (κ1) is 16.0. The average Bonchev–Trinajstić information content (AvgIpc) is 2.57. The molecule has 0 bridgehead atoms. The van der Waals surface area contributed by atoms with Gasteiger partial charge in [-0.1, -0.05) is 11.8 Å². The molecule has 1 heterocycles. The van der Waals surface area contributed by atoms with Crippen molar-refractivity contribution in [3.05, 3.63) is 11.5 Å². The van der Waals surface area contributed by atoms with E-state index in [-0.39, 0.29) is 11.9 Å². The van der Waals surface area contributed by atoms with E-state index in [1.54, 1.807) is 0 Å². The Bertz CT molecular complexity index is 426. The molecule has 0 aromatic carbocycles. The third kappa shape index (κ3) is 4.54. The van der Waals surface area contributed by atoms with E-state index in [4.69, 9.17) is 10.2 Å². The molecule has 0 saturated carbocycles. The van der Waals surface area contributed by atoms with Gasteiger partial charge in [0, 0.05) is 11.8 Å². The van der Waals surface area contributed by atoms with Gasteiger partial charge in [0.1, 0.15) is 5.76 Å². The fourth-order valence-electron chi connectivity index (χ4n) is 1.75. The Balaban J connectivity index is 2.55. The number of hydrogen-bond acceptors (Lipinski definition) is 5. The van der Waals surface area contributed by atoms with Crippen LogP contribution in [0.4, 0.5) is 0 Å². The fourth-order valence-corrected chi connectivity index (χ4v) is 2.82. The molecule has 1 atom stereocenters.